The van der Waals surface area contributed by atoms with Crippen LogP contribution in [0.1, 0.15) is 61.8 Å². The molecule has 0 aromatic heterocycles. The lowest BCUT2D eigenvalue weighted by Gasteiger charge is -2.41. The van der Waals surface area contributed by atoms with E-state index in [1.54, 1.807) is 0 Å². The van der Waals surface area contributed by atoms with Crippen molar-refractivity contribution in [2.24, 2.45) is 5.41 Å². The Kier molecular flexibility index (Phi) is 4.46. The van der Waals surface area contributed by atoms with Crippen molar-refractivity contribution in [3.63, 3.8) is 0 Å². The maximum absolute atomic E-state index is 3.92. The van der Waals surface area contributed by atoms with E-state index in [0.29, 0.717) is 11.8 Å². The van der Waals surface area contributed by atoms with Crippen LogP contribution in [-0.4, -0.2) is 0 Å². The molecular weight excluding hydrogens is 484 g/mol. The fourth-order valence-corrected chi connectivity index (χ4v) is 7.14. The van der Waals surface area contributed by atoms with Crippen molar-refractivity contribution in [1.82, 2.24) is 0 Å². The van der Waals surface area contributed by atoms with Gasteiger partial charge < -0.3 is 0 Å². The fourth-order valence-electron chi connectivity index (χ4n) is 5.94. The molecule has 29 heavy (non-hydrogen) atoms. The predicted octanol–water partition coefficient (Wildman–Crippen LogP) is 9.09. The minimum Gasteiger partial charge on any atom is -0.0646 e. The van der Waals surface area contributed by atoms with Crippen LogP contribution < -0.4 is 0 Å². The summed E-state index contributed by atoms with van der Waals surface area (Å²) in [7, 11) is 0. The highest BCUT2D eigenvalue weighted by molar-refractivity contribution is 9.11. The zero-order valence-corrected chi connectivity index (χ0v) is 20.4. The van der Waals surface area contributed by atoms with E-state index in [1.165, 1.54) is 53.1 Å². The molecular formula is C27H24Br2. The maximum Gasteiger partial charge on any atom is 0.0329 e. The van der Waals surface area contributed by atoms with Gasteiger partial charge in [-0.25, -0.2) is 0 Å². The van der Waals surface area contributed by atoms with Crippen molar-refractivity contribution in [3.8, 4) is 0 Å². The van der Waals surface area contributed by atoms with Crippen LogP contribution in [0, 0.1) is 5.41 Å². The highest BCUT2D eigenvalue weighted by Crippen LogP contribution is 2.59. The van der Waals surface area contributed by atoms with Crippen LogP contribution in [0.4, 0.5) is 0 Å². The van der Waals surface area contributed by atoms with Gasteiger partial charge in [-0.1, -0.05) is 89.5 Å². The molecule has 3 aromatic carbocycles. The Bertz CT molecular complexity index is 1230. The predicted molar refractivity (Wildman–Crippen MR) is 132 cm³/mol. The summed E-state index contributed by atoms with van der Waals surface area (Å²) >= 11 is 7.69. The molecule has 0 radical (unpaired) electrons. The summed E-state index contributed by atoms with van der Waals surface area (Å²) in [5.41, 5.74) is 8.57. The number of allylic oxidation sites excluding steroid dienone is 2. The van der Waals surface area contributed by atoms with E-state index >= 15 is 0 Å². The van der Waals surface area contributed by atoms with Crippen LogP contribution in [0.5, 0.6) is 0 Å². The van der Waals surface area contributed by atoms with Gasteiger partial charge in [-0.05, 0) is 80.4 Å². The molecule has 146 valence electrons. The zero-order chi connectivity index (χ0) is 20.5. The van der Waals surface area contributed by atoms with Gasteiger partial charge in [0.25, 0.3) is 0 Å². The first-order valence-corrected chi connectivity index (χ1v) is 11.7. The number of fused-ring (bicyclic) bond motifs is 3. The second-order valence-corrected chi connectivity index (χ2v) is 10.8. The van der Waals surface area contributed by atoms with Crippen molar-refractivity contribution in [1.29, 1.82) is 0 Å². The molecule has 0 heterocycles. The van der Waals surface area contributed by atoms with Crippen molar-refractivity contribution in [2.45, 2.75) is 39.5 Å². The molecule has 2 heteroatoms. The summed E-state index contributed by atoms with van der Waals surface area (Å²) in [6.07, 6.45) is 4.77. The first kappa shape index (κ1) is 19.3. The average molecular weight is 508 g/mol. The van der Waals surface area contributed by atoms with E-state index in [2.05, 4.69) is 120 Å². The van der Waals surface area contributed by atoms with Gasteiger partial charge in [0.1, 0.15) is 0 Å². The average Bonchev–Trinajstić information content (AvgIpc) is 3.20. The summed E-state index contributed by atoms with van der Waals surface area (Å²) in [6, 6.07) is 17.7. The standard InChI is InChI=1S/C27H24Br2/c1-15-12-20-19(10-7-11-23(20)28)24(15)27(3,4)25-16(2)13-22-21(25)14-17-8-5-6-9-18(17)26(22)29/h5-14,24-25H,1-4H3. The SMILES string of the molecule is CC1=Cc2c(Br)cccc2C1C(C)(C)C1C(C)=Cc2c1cc1ccccc1c2Br. The Labute approximate surface area is 190 Å². The highest BCUT2D eigenvalue weighted by atomic mass is 79.9. The lowest BCUT2D eigenvalue weighted by molar-refractivity contribution is 0.275. The maximum atomic E-state index is 3.92. The molecule has 2 aliphatic rings. The van der Waals surface area contributed by atoms with Crippen molar-refractivity contribution >= 4 is 54.8 Å². The van der Waals surface area contributed by atoms with Gasteiger partial charge in [0, 0.05) is 20.8 Å². The first-order valence-electron chi connectivity index (χ1n) is 10.2. The second kappa shape index (κ2) is 6.68. The van der Waals surface area contributed by atoms with Gasteiger partial charge in [0.2, 0.25) is 0 Å². The molecule has 2 unspecified atom stereocenters. The fraction of sp³-hybridized carbons (Fsp3) is 0.259. The Morgan fingerprint density at radius 1 is 0.759 bits per heavy atom. The van der Waals surface area contributed by atoms with Gasteiger partial charge >= 0.3 is 0 Å². The molecule has 5 rings (SSSR count). The number of halogens is 2. The molecule has 0 saturated heterocycles. The monoisotopic (exact) mass is 506 g/mol. The topological polar surface area (TPSA) is 0 Å². The second-order valence-electron chi connectivity index (χ2n) is 9.12. The van der Waals surface area contributed by atoms with Crippen LogP contribution in [0.2, 0.25) is 0 Å². The van der Waals surface area contributed by atoms with E-state index in [-0.39, 0.29) is 5.41 Å². The van der Waals surface area contributed by atoms with Gasteiger partial charge in [-0.15, -0.1) is 0 Å². The van der Waals surface area contributed by atoms with Crippen LogP contribution in [0.15, 0.2) is 68.6 Å². The molecule has 0 amide bonds. The first-order chi connectivity index (χ1) is 13.8. The van der Waals surface area contributed by atoms with Gasteiger partial charge in [0.15, 0.2) is 0 Å². The number of rotatable bonds is 2. The van der Waals surface area contributed by atoms with E-state index in [0.717, 1.165) is 0 Å². The van der Waals surface area contributed by atoms with Gasteiger partial charge in [0.05, 0.1) is 0 Å². The molecule has 0 spiro atoms. The minimum absolute atomic E-state index is 0.0559. The molecule has 2 aliphatic carbocycles. The van der Waals surface area contributed by atoms with Gasteiger partial charge in [-0.2, -0.15) is 0 Å². The normalized spacial score (nSPS) is 20.5. The largest absolute Gasteiger partial charge is 0.0646 e. The number of hydrogen-bond donors (Lipinski definition) is 0. The van der Waals surface area contributed by atoms with Crippen molar-refractivity contribution < 1.29 is 0 Å². The Balaban J connectivity index is 1.69. The minimum atomic E-state index is 0.0559. The van der Waals surface area contributed by atoms with Crippen molar-refractivity contribution in [2.75, 3.05) is 0 Å². The third-order valence-corrected chi connectivity index (χ3v) is 8.45. The summed E-state index contributed by atoms with van der Waals surface area (Å²) in [5.74, 6) is 0.788. The number of hydrogen-bond acceptors (Lipinski definition) is 0. The summed E-state index contributed by atoms with van der Waals surface area (Å²) in [5, 5.41) is 2.60. The van der Waals surface area contributed by atoms with E-state index < -0.39 is 0 Å². The quantitative estimate of drug-likeness (QED) is 0.324. The van der Waals surface area contributed by atoms with Crippen LogP contribution >= 0.6 is 31.9 Å². The molecule has 0 aliphatic heterocycles. The van der Waals surface area contributed by atoms with Crippen molar-refractivity contribution in [3.05, 3.63) is 90.9 Å². The highest BCUT2D eigenvalue weighted by Gasteiger charge is 2.45. The Morgan fingerprint density at radius 3 is 2.17 bits per heavy atom. The number of benzene rings is 3. The zero-order valence-electron chi connectivity index (χ0n) is 17.2. The van der Waals surface area contributed by atoms with E-state index in [4.69, 9.17) is 0 Å². The molecule has 2 atom stereocenters. The summed E-state index contributed by atoms with van der Waals surface area (Å²) < 4.78 is 2.42. The van der Waals surface area contributed by atoms with Crippen LogP contribution in [0.25, 0.3) is 22.9 Å². The molecule has 0 fully saturated rings. The lowest BCUT2D eigenvalue weighted by atomic mass is 9.62. The third kappa shape index (κ3) is 2.75. The van der Waals surface area contributed by atoms with E-state index in [1.807, 2.05) is 0 Å². The molecule has 3 aromatic rings. The lowest BCUT2D eigenvalue weighted by Crippen LogP contribution is -2.29. The Hall–Kier alpha value is -1.64. The smallest absolute Gasteiger partial charge is 0.0329 e. The third-order valence-electron chi connectivity index (χ3n) is 6.91. The van der Waals surface area contributed by atoms with Crippen LogP contribution in [0.3, 0.4) is 0 Å². The molecule has 0 nitrogen and oxygen atoms in total. The Morgan fingerprint density at radius 2 is 1.41 bits per heavy atom. The molecule has 0 saturated carbocycles. The molecule has 0 bridgehead atoms. The summed E-state index contributed by atoms with van der Waals surface area (Å²) in [6.45, 7) is 9.50. The van der Waals surface area contributed by atoms with E-state index in [9.17, 15) is 0 Å². The molecule has 0 N–H and O–H groups in total. The van der Waals surface area contributed by atoms with Gasteiger partial charge in [-0.3, -0.25) is 0 Å². The summed E-state index contributed by atoms with van der Waals surface area (Å²) in [4.78, 5) is 0. The van der Waals surface area contributed by atoms with Crippen LogP contribution in [-0.2, 0) is 0 Å².